The normalized spacial score (nSPS) is 19.0. The summed E-state index contributed by atoms with van der Waals surface area (Å²) in [6.07, 6.45) is 6.15. The van der Waals surface area contributed by atoms with Crippen molar-refractivity contribution in [3.63, 3.8) is 0 Å². The molecule has 2 aromatic rings. The second-order valence-corrected chi connectivity index (χ2v) is 8.85. The summed E-state index contributed by atoms with van der Waals surface area (Å²) in [5.74, 6) is 0. The molecule has 23 heavy (non-hydrogen) atoms. The fourth-order valence-electron chi connectivity index (χ4n) is 2.54. The molecule has 0 bridgehead atoms. The van der Waals surface area contributed by atoms with Crippen LogP contribution in [-0.4, -0.2) is 17.2 Å². The van der Waals surface area contributed by atoms with Gasteiger partial charge in [-0.15, -0.1) is 0 Å². The molecule has 1 atom stereocenters. The van der Waals surface area contributed by atoms with Gasteiger partial charge in [0, 0.05) is 0 Å². The van der Waals surface area contributed by atoms with Crippen LogP contribution in [-0.2, 0) is 33.0 Å². The zero-order chi connectivity index (χ0) is 16.3. The number of benzene rings is 1. The van der Waals surface area contributed by atoms with E-state index in [9.17, 15) is 4.57 Å². The Bertz CT molecular complexity index is 775. The molecule has 1 aliphatic heterocycles. The number of fused-ring (bicyclic) bond motifs is 1. The van der Waals surface area contributed by atoms with Crippen LogP contribution in [0.5, 0.6) is 0 Å². The minimum atomic E-state index is -3.29. The fraction of sp³-hybridized carbons (Fsp3) is 0.312. The SMILES string of the molecule is C/C=C/N[C](=[W])C(c1coc2ccccc12)P1(=O)OCCCO1. The Morgan fingerprint density at radius 2 is 2.09 bits per heavy atom. The zero-order valence-electron chi connectivity index (χ0n) is 12.7. The fourth-order valence-corrected chi connectivity index (χ4v) is 6.67. The van der Waals surface area contributed by atoms with Crippen LogP contribution in [0.1, 0.15) is 24.6 Å². The van der Waals surface area contributed by atoms with Gasteiger partial charge in [-0.05, 0) is 0 Å². The number of allylic oxidation sites excluding steroid dienone is 1. The van der Waals surface area contributed by atoms with Gasteiger partial charge in [-0.2, -0.15) is 0 Å². The van der Waals surface area contributed by atoms with Gasteiger partial charge in [0.2, 0.25) is 0 Å². The van der Waals surface area contributed by atoms with Gasteiger partial charge < -0.3 is 0 Å². The van der Waals surface area contributed by atoms with E-state index in [0.29, 0.717) is 13.2 Å². The Labute approximate surface area is 146 Å². The van der Waals surface area contributed by atoms with E-state index in [0.717, 1.165) is 27.0 Å². The second-order valence-electron chi connectivity index (χ2n) is 5.16. The van der Waals surface area contributed by atoms with Gasteiger partial charge in [0.25, 0.3) is 0 Å². The first-order valence-corrected chi connectivity index (χ1v) is 10.5. The van der Waals surface area contributed by atoms with Crippen LogP contribution in [0.15, 0.2) is 47.2 Å². The average Bonchev–Trinajstić information content (AvgIpc) is 2.97. The molecule has 3 rings (SSSR count). The van der Waals surface area contributed by atoms with E-state index in [-0.39, 0.29) is 0 Å². The predicted molar refractivity (Wildman–Crippen MR) is 86.0 cm³/mol. The number of hydrogen-bond donors (Lipinski definition) is 1. The molecule has 0 amide bonds. The van der Waals surface area contributed by atoms with Gasteiger partial charge in [-0.25, -0.2) is 0 Å². The van der Waals surface area contributed by atoms with Gasteiger partial charge >= 0.3 is 146 Å². The first kappa shape index (κ1) is 16.9. The topological polar surface area (TPSA) is 60.7 Å². The van der Waals surface area contributed by atoms with E-state index >= 15 is 0 Å². The third kappa shape index (κ3) is 3.44. The number of para-hydroxylation sites is 1. The maximum atomic E-state index is 13.3. The van der Waals surface area contributed by atoms with Crippen LogP contribution >= 0.6 is 7.60 Å². The third-order valence-electron chi connectivity index (χ3n) is 3.59. The molecule has 5 nitrogen and oxygen atoms in total. The van der Waals surface area contributed by atoms with Crippen molar-refractivity contribution in [3.05, 3.63) is 48.4 Å². The van der Waals surface area contributed by atoms with E-state index in [1.807, 2.05) is 43.5 Å². The molecule has 1 aromatic heterocycles. The van der Waals surface area contributed by atoms with Gasteiger partial charge in [0.1, 0.15) is 0 Å². The summed E-state index contributed by atoms with van der Waals surface area (Å²) in [4.78, 5) is 0. The molecule has 0 saturated carbocycles. The Hall–Kier alpha value is -0.992. The number of nitrogens with one attached hydrogen (secondary N) is 1. The Morgan fingerprint density at radius 1 is 1.35 bits per heavy atom. The molecule has 1 saturated heterocycles. The summed E-state index contributed by atoms with van der Waals surface area (Å²) in [6.45, 7) is 2.83. The number of hydrogen-bond acceptors (Lipinski definition) is 5. The molecule has 1 aromatic carbocycles. The molecule has 0 aliphatic carbocycles. The van der Waals surface area contributed by atoms with Crippen LogP contribution in [0, 0.1) is 0 Å². The molecule has 1 unspecified atom stereocenters. The van der Waals surface area contributed by atoms with Crippen LogP contribution in [0.4, 0.5) is 0 Å². The monoisotopic (exact) mass is 503 g/mol. The standard InChI is InChI=1S/C16H18NO4P.W/c1-2-8-17-11-16(22(18)20-9-5-10-21-22)14-12-19-15-7-4-3-6-13(14)15;/h2-4,6-8,12,16-17H,5,9-10H2,1H3;/b8-2+;. The van der Waals surface area contributed by atoms with Crippen LogP contribution in [0.3, 0.4) is 0 Å². The van der Waals surface area contributed by atoms with Gasteiger partial charge in [-0.1, -0.05) is 0 Å². The molecule has 1 aliphatic rings. The van der Waals surface area contributed by atoms with E-state index in [1.54, 1.807) is 6.26 Å². The van der Waals surface area contributed by atoms with Crippen molar-refractivity contribution in [2.75, 3.05) is 13.2 Å². The van der Waals surface area contributed by atoms with Crippen molar-refractivity contribution >= 4 is 22.6 Å². The first-order chi connectivity index (χ1) is 11.2. The molecule has 1 N–H and O–H groups in total. The summed E-state index contributed by atoms with van der Waals surface area (Å²) in [6, 6.07) is 7.73. The van der Waals surface area contributed by atoms with E-state index in [1.165, 1.54) is 19.4 Å². The van der Waals surface area contributed by atoms with Crippen LogP contribution < -0.4 is 5.32 Å². The molecule has 122 valence electrons. The summed E-state index contributed by atoms with van der Waals surface area (Å²) in [5, 5.41) is 4.14. The summed E-state index contributed by atoms with van der Waals surface area (Å²) >= 11 is 1.18. The van der Waals surface area contributed by atoms with Crippen molar-refractivity contribution in [1.82, 2.24) is 5.32 Å². The van der Waals surface area contributed by atoms with Crippen molar-refractivity contribution in [2.24, 2.45) is 0 Å². The Balaban J connectivity index is 2.07. The second kappa shape index (κ2) is 7.27. The van der Waals surface area contributed by atoms with Crippen LogP contribution in [0.2, 0.25) is 0 Å². The van der Waals surface area contributed by atoms with E-state index in [4.69, 9.17) is 13.5 Å². The van der Waals surface area contributed by atoms with Gasteiger partial charge in [-0.3, -0.25) is 0 Å². The van der Waals surface area contributed by atoms with Crippen molar-refractivity contribution in [3.8, 4) is 0 Å². The Kier molecular flexibility index (Phi) is 5.33. The van der Waals surface area contributed by atoms with Crippen molar-refractivity contribution < 1.29 is 37.4 Å². The molecule has 7 heteroatoms. The molecular weight excluding hydrogens is 485 g/mol. The number of rotatable bonds is 5. The summed E-state index contributed by atoms with van der Waals surface area (Å²) < 4.78 is 31.1. The van der Waals surface area contributed by atoms with Crippen molar-refractivity contribution in [1.29, 1.82) is 0 Å². The Morgan fingerprint density at radius 3 is 2.83 bits per heavy atom. The van der Waals surface area contributed by atoms with E-state index < -0.39 is 13.3 Å². The summed E-state index contributed by atoms with van der Waals surface area (Å²) in [7, 11) is -3.29. The molecule has 1 fully saturated rings. The molecular formula is C16H18NO4PW. The third-order valence-corrected chi connectivity index (χ3v) is 7.81. The quantitative estimate of drug-likeness (QED) is 0.628. The molecule has 0 spiro atoms. The summed E-state index contributed by atoms with van der Waals surface area (Å²) in [5.41, 5.74) is 1.13. The number of furan rings is 1. The van der Waals surface area contributed by atoms with Gasteiger partial charge in [0.15, 0.2) is 0 Å². The zero-order valence-corrected chi connectivity index (χ0v) is 16.6. The average molecular weight is 503 g/mol. The van der Waals surface area contributed by atoms with Crippen molar-refractivity contribution in [2.45, 2.75) is 19.0 Å². The molecule has 0 radical (unpaired) electrons. The van der Waals surface area contributed by atoms with Crippen LogP contribution in [0.25, 0.3) is 11.0 Å². The minimum absolute atomic E-state index is 0.454. The van der Waals surface area contributed by atoms with Gasteiger partial charge in [0.05, 0.1) is 0 Å². The maximum absolute atomic E-state index is 13.3. The van der Waals surface area contributed by atoms with E-state index in [2.05, 4.69) is 5.32 Å². The molecule has 2 heterocycles. The first-order valence-electron chi connectivity index (χ1n) is 7.42. The predicted octanol–water partition coefficient (Wildman–Crippen LogP) is 3.90.